The van der Waals surface area contributed by atoms with Crippen molar-refractivity contribution in [2.75, 3.05) is 31.6 Å². The number of rotatable bonds is 6. The zero-order valence-corrected chi connectivity index (χ0v) is 17.7. The molecule has 1 fully saturated rings. The third kappa shape index (κ3) is 5.56. The van der Waals surface area contributed by atoms with Crippen LogP contribution in [0.4, 0.5) is 10.1 Å². The van der Waals surface area contributed by atoms with Gasteiger partial charge in [-0.25, -0.2) is 4.39 Å². The molecule has 0 spiro atoms. The van der Waals surface area contributed by atoms with Crippen LogP contribution in [0.2, 0.25) is 5.02 Å². The molecular formula is C22H25ClFN3O3. The van der Waals surface area contributed by atoms with E-state index in [1.807, 2.05) is 6.92 Å². The summed E-state index contributed by atoms with van der Waals surface area (Å²) < 4.78 is 20.3. The Morgan fingerprint density at radius 3 is 2.63 bits per heavy atom. The lowest BCUT2D eigenvalue weighted by atomic mass is 10.0. The summed E-state index contributed by atoms with van der Waals surface area (Å²) in [6.45, 7) is 5.32. The largest absolute Gasteiger partial charge is 0.376 e. The Bertz CT molecular complexity index is 887. The Balaban J connectivity index is 1.76. The molecule has 8 heteroatoms. The maximum absolute atomic E-state index is 14.7. The first kappa shape index (κ1) is 22.2. The fourth-order valence-corrected chi connectivity index (χ4v) is 3.86. The molecule has 30 heavy (non-hydrogen) atoms. The van der Waals surface area contributed by atoms with E-state index < -0.39 is 11.9 Å². The lowest BCUT2D eigenvalue weighted by Crippen LogP contribution is -2.47. The Morgan fingerprint density at radius 2 is 2.00 bits per heavy atom. The molecule has 0 aliphatic carbocycles. The third-order valence-corrected chi connectivity index (χ3v) is 5.30. The first-order valence-electron chi connectivity index (χ1n) is 9.80. The van der Waals surface area contributed by atoms with Crippen molar-refractivity contribution in [1.82, 2.24) is 10.2 Å². The lowest BCUT2D eigenvalue weighted by Gasteiger charge is -2.38. The van der Waals surface area contributed by atoms with Crippen molar-refractivity contribution in [3.05, 3.63) is 64.4 Å². The number of carbonyl (C=O) groups excluding carboxylic acids is 2. The number of nitrogens with one attached hydrogen (secondary N) is 2. The van der Waals surface area contributed by atoms with Gasteiger partial charge >= 0.3 is 0 Å². The van der Waals surface area contributed by atoms with E-state index in [1.54, 1.807) is 36.4 Å². The van der Waals surface area contributed by atoms with Crippen LogP contribution < -0.4 is 10.6 Å². The number of anilines is 1. The number of halogens is 2. The molecule has 6 nitrogen and oxygen atoms in total. The highest BCUT2D eigenvalue weighted by molar-refractivity contribution is 6.31. The summed E-state index contributed by atoms with van der Waals surface area (Å²) in [4.78, 5) is 25.9. The quantitative estimate of drug-likeness (QED) is 0.729. The van der Waals surface area contributed by atoms with E-state index in [9.17, 15) is 14.0 Å². The topological polar surface area (TPSA) is 70.7 Å². The van der Waals surface area contributed by atoms with E-state index in [2.05, 4.69) is 15.5 Å². The molecule has 1 saturated heterocycles. The molecule has 0 radical (unpaired) electrons. The van der Waals surface area contributed by atoms with Crippen molar-refractivity contribution in [2.45, 2.75) is 26.0 Å². The SMILES string of the molecule is CC(=O)Nc1ccc(C(=O)NCC(c2c(F)cccc2Cl)N2CCOC(C)C2)cc1. The van der Waals surface area contributed by atoms with Crippen LogP contribution in [-0.2, 0) is 9.53 Å². The van der Waals surface area contributed by atoms with E-state index >= 15 is 0 Å². The molecule has 2 unspecified atom stereocenters. The number of ether oxygens (including phenoxy) is 1. The highest BCUT2D eigenvalue weighted by atomic mass is 35.5. The maximum Gasteiger partial charge on any atom is 0.251 e. The van der Waals surface area contributed by atoms with Gasteiger partial charge in [-0.1, -0.05) is 17.7 Å². The van der Waals surface area contributed by atoms with Crippen molar-refractivity contribution in [3.8, 4) is 0 Å². The second kappa shape index (κ2) is 10.0. The highest BCUT2D eigenvalue weighted by Gasteiger charge is 2.29. The first-order valence-corrected chi connectivity index (χ1v) is 10.2. The average molecular weight is 434 g/mol. The van der Waals surface area contributed by atoms with Gasteiger partial charge in [-0.3, -0.25) is 14.5 Å². The molecule has 2 amide bonds. The van der Waals surface area contributed by atoms with Crippen LogP contribution in [0.3, 0.4) is 0 Å². The molecule has 2 aromatic rings. The van der Waals surface area contributed by atoms with E-state index in [0.717, 1.165) is 0 Å². The molecule has 2 N–H and O–H groups in total. The molecule has 0 bridgehead atoms. The Kier molecular flexibility index (Phi) is 7.42. The van der Waals surface area contributed by atoms with E-state index in [4.69, 9.17) is 16.3 Å². The van der Waals surface area contributed by atoms with Crippen molar-refractivity contribution in [3.63, 3.8) is 0 Å². The van der Waals surface area contributed by atoms with Crippen LogP contribution >= 0.6 is 11.6 Å². The molecule has 0 aromatic heterocycles. The predicted molar refractivity (Wildman–Crippen MR) is 114 cm³/mol. The molecule has 0 saturated carbocycles. The Morgan fingerprint density at radius 1 is 1.27 bits per heavy atom. The number of hydrogen-bond donors (Lipinski definition) is 2. The van der Waals surface area contributed by atoms with Gasteiger partial charge in [0, 0.05) is 48.4 Å². The van der Waals surface area contributed by atoms with Crippen LogP contribution in [0.1, 0.15) is 35.8 Å². The summed E-state index contributed by atoms with van der Waals surface area (Å²) in [7, 11) is 0. The summed E-state index contributed by atoms with van der Waals surface area (Å²) in [5.41, 5.74) is 1.42. The predicted octanol–water partition coefficient (Wildman–Crippen LogP) is 3.63. The lowest BCUT2D eigenvalue weighted by molar-refractivity contribution is -0.114. The minimum Gasteiger partial charge on any atom is -0.376 e. The van der Waals surface area contributed by atoms with Gasteiger partial charge in [0.2, 0.25) is 5.91 Å². The Hall–Kier alpha value is -2.48. The minimum absolute atomic E-state index is 0.00354. The standard InChI is InChI=1S/C22H25ClFN3O3/c1-14-13-27(10-11-30-14)20(21-18(23)4-3-5-19(21)24)12-25-22(29)16-6-8-17(9-7-16)26-15(2)28/h3-9,14,20H,10-13H2,1-2H3,(H,25,29)(H,26,28). The van der Waals surface area contributed by atoms with Crippen LogP contribution in [-0.4, -0.2) is 49.1 Å². The van der Waals surface area contributed by atoms with Crippen molar-refractivity contribution < 1.29 is 18.7 Å². The number of hydrogen-bond acceptors (Lipinski definition) is 4. The molecule has 1 aliphatic heterocycles. The van der Waals surface area contributed by atoms with Crippen LogP contribution in [0.25, 0.3) is 0 Å². The zero-order valence-electron chi connectivity index (χ0n) is 17.0. The number of nitrogens with zero attached hydrogens (tertiary/aromatic N) is 1. The maximum atomic E-state index is 14.7. The van der Waals surface area contributed by atoms with Gasteiger partial charge in [-0.05, 0) is 43.3 Å². The van der Waals surface area contributed by atoms with Gasteiger partial charge in [0.25, 0.3) is 5.91 Å². The van der Waals surface area contributed by atoms with Gasteiger partial charge < -0.3 is 15.4 Å². The smallest absolute Gasteiger partial charge is 0.251 e. The summed E-state index contributed by atoms with van der Waals surface area (Å²) in [5, 5.41) is 5.87. The second-order valence-corrected chi connectivity index (χ2v) is 7.70. The van der Waals surface area contributed by atoms with Gasteiger partial charge in [0.05, 0.1) is 18.8 Å². The fourth-order valence-electron chi connectivity index (χ4n) is 3.57. The van der Waals surface area contributed by atoms with Crippen molar-refractivity contribution >= 4 is 29.1 Å². The van der Waals surface area contributed by atoms with Gasteiger partial charge in [-0.15, -0.1) is 0 Å². The van der Waals surface area contributed by atoms with Crippen molar-refractivity contribution in [2.24, 2.45) is 0 Å². The molecular weight excluding hydrogens is 409 g/mol. The van der Waals surface area contributed by atoms with E-state index in [1.165, 1.54) is 13.0 Å². The van der Waals surface area contributed by atoms with E-state index in [0.29, 0.717) is 41.5 Å². The second-order valence-electron chi connectivity index (χ2n) is 7.30. The first-order chi connectivity index (χ1) is 14.3. The van der Waals surface area contributed by atoms with Gasteiger partial charge in [0.1, 0.15) is 5.82 Å². The summed E-state index contributed by atoms with van der Waals surface area (Å²) >= 11 is 6.33. The molecule has 1 aliphatic rings. The van der Waals surface area contributed by atoms with Crippen LogP contribution in [0.15, 0.2) is 42.5 Å². The van der Waals surface area contributed by atoms with Gasteiger partial charge in [-0.2, -0.15) is 0 Å². The fraction of sp³-hybridized carbons (Fsp3) is 0.364. The monoisotopic (exact) mass is 433 g/mol. The van der Waals surface area contributed by atoms with Crippen LogP contribution in [0.5, 0.6) is 0 Å². The van der Waals surface area contributed by atoms with E-state index in [-0.39, 0.29) is 24.5 Å². The summed E-state index contributed by atoms with van der Waals surface area (Å²) in [6.07, 6.45) is 0.00354. The number of carbonyl (C=O) groups is 2. The third-order valence-electron chi connectivity index (χ3n) is 4.97. The highest BCUT2D eigenvalue weighted by Crippen LogP contribution is 2.31. The molecule has 2 atom stereocenters. The van der Waals surface area contributed by atoms with Crippen LogP contribution in [0, 0.1) is 5.82 Å². The zero-order chi connectivity index (χ0) is 21.7. The van der Waals surface area contributed by atoms with Crippen molar-refractivity contribution in [1.29, 1.82) is 0 Å². The normalized spacial score (nSPS) is 17.9. The Labute approximate surface area is 180 Å². The molecule has 160 valence electrons. The molecule has 1 heterocycles. The van der Waals surface area contributed by atoms with Gasteiger partial charge in [0.15, 0.2) is 0 Å². The number of benzene rings is 2. The summed E-state index contributed by atoms with van der Waals surface area (Å²) in [6, 6.07) is 10.7. The number of morpholine rings is 1. The summed E-state index contributed by atoms with van der Waals surface area (Å²) in [5.74, 6) is -0.875. The molecule has 3 rings (SSSR count). The molecule has 2 aromatic carbocycles. The number of amides is 2. The minimum atomic E-state index is -0.423. The average Bonchev–Trinajstić information content (AvgIpc) is 2.70.